The molecule has 2 aromatic rings. The number of carbonyl (C=O) groups is 3. The summed E-state index contributed by atoms with van der Waals surface area (Å²) in [5, 5.41) is 0. The van der Waals surface area contributed by atoms with Gasteiger partial charge in [0.15, 0.2) is 0 Å². The number of anilines is 1. The van der Waals surface area contributed by atoms with Gasteiger partial charge < -0.3 is 4.74 Å². The highest BCUT2D eigenvalue weighted by atomic mass is 16.5. The monoisotopic (exact) mass is 305 g/mol. The van der Waals surface area contributed by atoms with E-state index in [0.717, 1.165) is 4.90 Å². The van der Waals surface area contributed by atoms with Crippen LogP contribution in [0.3, 0.4) is 0 Å². The van der Waals surface area contributed by atoms with Crippen LogP contribution in [0.5, 0.6) is 5.75 Å². The van der Waals surface area contributed by atoms with E-state index in [1.807, 2.05) is 0 Å². The van der Waals surface area contributed by atoms with Crippen LogP contribution in [0.25, 0.3) is 5.57 Å². The van der Waals surface area contributed by atoms with Crippen molar-refractivity contribution < 1.29 is 19.1 Å². The standard InChI is InChI=1S/C18H11NO4/c1-12(20)23-15-9-7-14(8-10-15)19-17(21)11-16(18(19)22)13-5-3-2-4-6-13/h2-3,5,7-11H,1H3. The van der Waals surface area contributed by atoms with Crippen LogP contribution in [0.4, 0.5) is 5.69 Å². The van der Waals surface area contributed by atoms with Crippen molar-refractivity contribution >= 4 is 29.0 Å². The number of benzene rings is 1. The molecule has 0 bridgehead atoms. The van der Waals surface area contributed by atoms with Gasteiger partial charge in [0, 0.05) is 18.6 Å². The van der Waals surface area contributed by atoms with Gasteiger partial charge in [0.1, 0.15) is 5.75 Å². The van der Waals surface area contributed by atoms with Gasteiger partial charge in [0.2, 0.25) is 0 Å². The fourth-order valence-corrected chi connectivity index (χ4v) is 2.25. The SMILES string of the molecule is CC(=O)Oc1ccc(N2C(=O)C=C(c3c#cccc3)C2=O)cc1. The number of hydrogen-bond donors (Lipinski definition) is 0. The first kappa shape index (κ1) is 14.5. The number of ether oxygens (including phenoxy) is 1. The molecule has 0 saturated carbocycles. The van der Waals surface area contributed by atoms with E-state index < -0.39 is 17.8 Å². The van der Waals surface area contributed by atoms with Crippen LogP contribution >= 0.6 is 0 Å². The number of carbonyl (C=O) groups excluding carboxylic acids is 3. The van der Waals surface area contributed by atoms with Crippen LogP contribution in [0.1, 0.15) is 12.5 Å². The maximum atomic E-state index is 12.5. The molecule has 3 rings (SSSR count). The molecule has 112 valence electrons. The molecule has 1 aliphatic rings. The third kappa shape index (κ3) is 2.83. The van der Waals surface area contributed by atoms with Gasteiger partial charge in [-0.05, 0) is 36.4 Å². The Morgan fingerprint density at radius 2 is 1.87 bits per heavy atom. The van der Waals surface area contributed by atoms with E-state index >= 15 is 0 Å². The van der Waals surface area contributed by atoms with Gasteiger partial charge in [-0.1, -0.05) is 18.2 Å². The van der Waals surface area contributed by atoms with E-state index in [1.54, 1.807) is 30.3 Å². The second-order valence-electron chi connectivity index (χ2n) is 4.83. The third-order valence-electron chi connectivity index (χ3n) is 3.22. The van der Waals surface area contributed by atoms with Crippen molar-refractivity contribution in [2.75, 3.05) is 4.90 Å². The molecule has 5 heteroatoms. The minimum absolute atomic E-state index is 0.274. The largest absolute Gasteiger partial charge is 0.427 e. The summed E-state index contributed by atoms with van der Waals surface area (Å²) in [5.74, 6) is -0.945. The van der Waals surface area contributed by atoms with Gasteiger partial charge in [-0.15, -0.1) is 0 Å². The molecule has 5 nitrogen and oxygen atoms in total. The van der Waals surface area contributed by atoms with E-state index in [9.17, 15) is 14.4 Å². The molecule has 0 radical (unpaired) electrons. The highest BCUT2D eigenvalue weighted by Gasteiger charge is 2.33. The zero-order valence-corrected chi connectivity index (χ0v) is 12.2. The van der Waals surface area contributed by atoms with E-state index in [2.05, 4.69) is 12.1 Å². The Morgan fingerprint density at radius 1 is 1.13 bits per heavy atom. The lowest BCUT2D eigenvalue weighted by atomic mass is 10.1. The third-order valence-corrected chi connectivity index (χ3v) is 3.22. The first-order chi connectivity index (χ1) is 11.1. The van der Waals surface area contributed by atoms with Crippen LogP contribution in [0.2, 0.25) is 0 Å². The van der Waals surface area contributed by atoms with Crippen molar-refractivity contribution in [2.45, 2.75) is 6.92 Å². The molecule has 0 aliphatic carbocycles. The molecule has 0 aromatic heterocycles. The number of rotatable bonds is 3. The average Bonchev–Trinajstić information content (AvgIpc) is 2.83. The van der Waals surface area contributed by atoms with Crippen LogP contribution in [-0.4, -0.2) is 17.8 Å². The Labute approximate surface area is 132 Å². The maximum Gasteiger partial charge on any atom is 0.308 e. The van der Waals surface area contributed by atoms with E-state index in [4.69, 9.17) is 4.74 Å². The summed E-state index contributed by atoms with van der Waals surface area (Å²) in [6.45, 7) is 1.30. The van der Waals surface area contributed by atoms with Crippen molar-refractivity contribution in [2.24, 2.45) is 0 Å². The molecule has 2 amide bonds. The Hall–Kier alpha value is -3.39. The number of amides is 2. The summed E-state index contributed by atoms with van der Waals surface area (Å²) < 4.78 is 4.93. The van der Waals surface area contributed by atoms with E-state index in [-0.39, 0.29) is 5.57 Å². The smallest absolute Gasteiger partial charge is 0.308 e. The minimum Gasteiger partial charge on any atom is -0.427 e. The van der Waals surface area contributed by atoms with Crippen LogP contribution in [-0.2, 0) is 14.4 Å². The lowest BCUT2D eigenvalue weighted by Gasteiger charge is -2.15. The van der Waals surface area contributed by atoms with Gasteiger partial charge >= 0.3 is 5.97 Å². The summed E-state index contributed by atoms with van der Waals surface area (Å²) in [5.41, 5.74) is 1.20. The molecular formula is C18H11NO4. The van der Waals surface area contributed by atoms with Crippen molar-refractivity contribution in [1.29, 1.82) is 0 Å². The lowest BCUT2D eigenvalue weighted by molar-refractivity contribution is -0.132. The number of imide groups is 1. The molecule has 0 N–H and O–H groups in total. The molecule has 0 unspecified atom stereocenters. The molecule has 23 heavy (non-hydrogen) atoms. The molecule has 1 heterocycles. The van der Waals surface area contributed by atoms with Crippen molar-refractivity contribution in [3.8, 4) is 5.75 Å². The minimum atomic E-state index is -0.439. The average molecular weight is 305 g/mol. The van der Waals surface area contributed by atoms with Crippen LogP contribution in [0, 0.1) is 12.1 Å². The highest BCUT2D eigenvalue weighted by molar-refractivity contribution is 6.43. The predicted octanol–water partition coefficient (Wildman–Crippen LogP) is 2.17. The molecule has 0 atom stereocenters. The van der Waals surface area contributed by atoms with Gasteiger partial charge in [-0.25, -0.2) is 4.90 Å². The Kier molecular flexibility index (Phi) is 3.65. The fraction of sp³-hybridized carbons (Fsp3) is 0.0556. The van der Waals surface area contributed by atoms with Gasteiger partial charge in [0.05, 0.1) is 11.3 Å². The summed E-state index contributed by atoms with van der Waals surface area (Å²) in [7, 11) is 0. The van der Waals surface area contributed by atoms with Gasteiger partial charge in [0.25, 0.3) is 11.8 Å². The molecule has 0 spiro atoms. The van der Waals surface area contributed by atoms with Crippen molar-refractivity contribution in [3.05, 3.63) is 66.2 Å². The second-order valence-corrected chi connectivity index (χ2v) is 4.83. The summed E-state index contributed by atoms with van der Waals surface area (Å²) in [4.78, 5) is 36.6. The highest BCUT2D eigenvalue weighted by Crippen LogP contribution is 2.28. The zero-order chi connectivity index (χ0) is 16.4. The Bertz CT molecular complexity index is 807. The first-order valence-corrected chi connectivity index (χ1v) is 6.83. The number of nitrogens with zero attached hydrogens (tertiary/aromatic N) is 1. The Morgan fingerprint density at radius 3 is 2.48 bits per heavy atom. The molecule has 1 aliphatic heterocycles. The van der Waals surface area contributed by atoms with Crippen LogP contribution < -0.4 is 9.64 Å². The maximum absolute atomic E-state index is 12.5. The fourth-order valence-electron chi connectivity index (χ4n) is 2.25. The predicted molar refractivity (Wildman–Crippen MR) is 82.3 cm³/mol. The Balaban J connectivity index is 1.86. The van der Waals surface area contributed by atoms with E-state index in [0.29, 0.717) is 17.0 Å². The zero-order valence-electron chi connectivity index (χ0n) is 12.2. The van der Waals surface area contributed by atoms with Crippen molar-refractivity contribution in [1.82, 2.24) is 0 Å². The molecule has 0 fully saturated rings. The van der Waals surface area contributed by atoms with Gasteiger partial charge in [-0.2, -0.15) is 0 Å². The first-order valence-electron chi connectivity index (χ1n) is 6.83. The lowest BCUT2D eigenvalue weighted by Crippen LogP contribution is -2.30. The second kappa shape index (κ2) is 5.78. The normalized spacial score (nSPS) is 13.6. The number of esters is 1. The summed E-state index contributed by atoms with van der Waals surface area (Å²) in [6, 6.07) is 16.8. The van der Waals surface area contributed by atoms with Gasteiger partial charge in [-0.3, -0.25) is 14.4 Å². The van der Waals surface area contributed by atoms with Crippen molar-refractivity contribution in [3.63, 3.8) is 0 Å². The summed E-state index contributed by atoms with van der Waals surface area (Å²) >= 11 is 0. The van der Waals surface area contributed by atoms with E-state index in [1.165, 1.54) is 25.1 Å². The molecule has 0 saturated heterocycles. The topological polar surface area (TPSA) is 63.7 Å². The summed E-state index contributed by atoms with van der Waals surface area (Å²) in [6.07, 6.45) is 1.28. The molecule has 2 aromatic carbocycles. The molecular weight excluding hydrogens is 294 g/mol. The number of hydrogen-bond acceptors (Lipinski definition) is 4. The quantitative estimate of drug-likeness (QED) is 0.495. The van der Waals surface area contributed by atoms with Crippen LogP contribution in [0.15, 0.2) is 48.5 Å².